The summed E-state index contributed by atoms with van der Waals surface area (Å²) < 4.78 is 0. The van der Waals surface area contributed by atoms with Crippen LogP contribution in [0.3, 0.4) is 0 Å². The Morgan fingerprint density at radius 2 is 1.84 bits per heavy atom. The molecule has 1 aliphatic rings. The van der Waals surface area contributed by atoms with Gasteiger partial charge in [-0.25, -0.2) is 0 Å². The standard InChI is InChI=1S/C20H28N4O/c1-14-10-15(2)19(16(3)11-14)22-13-17(12-21)20(25)24(5)18-6-8-23(4)9-7-18/h10-11,13,18,22H,6-9H2,1-5H3/b17-13-. The van der Waals surface area contributed by atoms with Crippen molar-refractivity contribution in [2.24, 2.45) is 0 Å². The molecule has 1 aromatic carbocycles. The third-order valence-corrected chi connectivity index (χ3v) is 4.94. The summed E-state index contributed by atoms with van der Waals surface area (Å²) in [6.07, 6.45) is 3.43. The topological polar surface area (TPSA) is 59.4 Å². The molecule has 1 heterocycles. The maximum atomic E-state index is 12.7. The monoisotopic (exact) mass is 340 g/mol. The molecular weight excluding hydrogens is 312 g/mol. The summed E-state index contributed by atoms with van der Waals surface area (Å²) in [6, 6.07) is 6.42. The maximum Gasteiger partial charge on any atom is 0.266 e. The van der Waals surface area contributed by atoms with Gasteiger partial charge in [0.25, 0.3) is 5.91 Å². The first kappa shape index (κ1) is 19.0. The van der Waals surface area contributed by atoms with Crippen molar-refractivity contribution in [1.29, 1.82) is 5.26 Å². The van der Waals surface area contributed by atoms with Crippen molar-refractivity contribution < 1.29 is 4.79 Å². The van der Waals surface area contributed by atoms with Gasteiger partial charge in [-0.15, -0.1) is 0 Å². The van der Waals surface area contributed by atoms with Gasteiger partial charge in [0.15, 0.2) is 0 Å². The number of amides is 1. The molecule has 0 spiro atoms. The van der Waals surface area contributed by atoms with E-state index in [9.17, 15) is 10.1 Å². The van der Waals surface area contributed by atoms with Crippen molar-refractivity contribution in [3.63, 3.8) is 0 Å². The first-order valence-corrected chi connectivity index (χ1v) is 8.73. The van der Waals surface area contributed by atoms with E-state index in [1.807, 2.05) is 19.9 Å². The van der Waals surface area contributed by atoms with Crippen LogP contribution < -0.4 is 5.32 Å². The average molecular weight is 340 g/mol. The minimum Gasteiger partial charge on any atom is -0.360 e. The molecule has 1 saturated heterocycles. The molecular formula is C20H28N4O. The molecule has 1 aliphatic heterocycles. The summed E-state index contributed by atoms with van der Waals surface area (Å²) in [4.78, 5) is 16.7. The smallest absolute Gasteiger partial charge is 0.266 e. The second-order valence-electron chi connectivity index (χ2n) is 7.04. The lowest BCUT2D eigenvalue weighted by Crippen LogP contribution is -2.44. The van der Waals surface area contributed by atoms with E-state index in [1.54, 1.807) is 18.1 Å². The summed E-state index contributed by atoms with van der Waals surface area (Å²) in [5.41, 5.74) is 4.49. The van der Waals surface area contributed by atoms with Crippen LogP contribution in [-0.2, 0) is 4.79 Å². The molecule has 5 heteroatoms. The molecule has 5 nitrogen and oxygen atoms in total. The van der Waals surface area contributed by atoms with E-state index in [4.69, 9.17) is 0 Å². The Hall–Kier alpha value is -2.32. The first-order chi connectivity index (χ1) is 11.8. The number of benzene rings is 1. The lowest BCUT2D eigenvalue weighted by Gasteiger charge is -2.35. The van der Waals surface area contributed by atoms with E-state index in [1.165, 1.54) is 5.56 Å². The fourth-order valence-corrected chi connectivity index (χ4v) is 3.43. The van der Waals surface area contributed by atoms with Gasteiger partial charge >= 0.3 is 0 Å². The van der Waals surface area contributed by atoms with Crippen LogP contribution in [0.15, 0.2) is 23.9 Å². The van der Waals surface area contributed by atoms with Gasteiger partial charge in [-0.05, 0) is 64.9 Å². The number of anilines is 1. The summed E-state index contributed by atoms with van der Waals surface area (Å²) in [7, 11) is 3.89. The maximum absolute atomic E-state index is 12.7. The Labute approximate surface area is 150 Å². The Bertz CT molecular complexity index is 686. The lowest BCUT2D eigenvalue weighted by molar-refractivity contribution is -0.128. The van der Waals surface area contributed by atoms with Crippen molar-refractivity contribution in [3.05, 3.63) is 40.6 Å². The summed E-state index contributed by atoms with van der Waals surface area (Å²) >= 11 is 0. The summed E-state index contributed by atoms with van der Waals surface area (Å²) in [5, 5.41) is 12.6. The largest absolute Gasteiger partial charge is 0.360 e. The number of likely N-dealkylation sites (tertiary alicyclic amines) is 1. The number of likely N-dealkylation sites (N-methyl/N-ethyl adjacent to an activating group) is 1. The van der Waals surface area contributed by atoms with Crippen molar-refractivity contribution >= 4 is 11.6 Å². The molecule has 0 aliphatic carbocycles. The number of carbonyl (C=O) groups excluding carboxylic acids is 1. The number of nitrogens with one attached hydrogen (secondary N) is 1. The highest BCUT2D eigenvalue weighted by Crippen LogP contribution is 2.22. The van der Waals surface area contributed by atoms with Crippen LogP contribution in [0.4, 0.5) is 5.69 Å². The highest BCUT2D eigenvalue weighted by atomic mass is 16.2. The predicted molar refractivity (Wildman–Crippen MR) is 101 cm³/mol. The number of rotatable bonds is 4. The molecule has 1 aromatic rings. The molecule has 0 unspecified atom stereocenters. The molecule has 0 aromatic heterocycles. The van der Waals surface area contributed by atoms with Gasteiger partial charge in [-0.1, -0.05) is 17.7 Å². The zero-order valence-corrected chi connectivity index (χ0v) is 15.9. The van der Waals surface area contributed by atoms with Gasteiger partial charge in [0.2, 0.25) is 0 Å². The third-order valence-electron chi connectivity index (χ3n) is 4.94. The van der Waals surface area contributed by atoms with Gasteiger partial charge in [0.05, 0.1) is 0 Å². The Kier molecular flexibility index (Phi) is 6.22. The lowest BCUT2D eigenvalue weighted by atomic mass is 10.0. The van der Waals surface area contributed by atoms with E-state index in [2.05, 4.69) is 36.3 Å². The van der Waals surface area contributed by atoms with Crippen molar-refractivity contribution in [3.8, 4) is 6.07 Å². The van der Waals surface area contributed by atoms with Crippen LogP contribution in [0.25, 0.3) is 0 Å². The van der Waals surface area contributed by atoms with Crippen molar-refractivity contribution in [2.45, 2.75) is 39.7 Å². The van der Waals surface area contributed by atoms with E-state index in [-0.39, 0.29) is 17.5 Å². The highest BCUT2D eigenvalue weighted by Gasteiger charge is 2.25. The number of carbonyl (C=O) groups is 1. The molecule has 25 heavy (non-hydrogen) atoms. The quantitative estimate of drug-likeness (QED) is 0.676. The minimum atomic E-state index is -0.216. The van der Waals surface area contributed by atoms with Crippen LogP contribution in [0.5, 0.6) is 0 Å². The first-order valence-electron chi connectivity index (χ1n) is 8.73. The van der Waals surface area contributed by atoms with E-state index < -0.39 is 0 Å². The fourth-order valence-electron chi connectivity index (χ4n) is 3.43. The minimum absolute atomic E-state index is 0.140. The van der Waals surface area contributed by atoms with E-state index in [0.29, 0.717) is 0 Å². The molecule has 1 N–H and O–H groups in total. The Morgan fingerprint density at radius 3 is 2.36 bits per heavy atom. The van der Waals surface area contributed by atoms with Gasteiger partial charge in [-0.3, -0.25) is 4.79 Å². The number of hydrogen-bond donors (Lipinski definition) is 1. The molecule has 2 rings (SSSR count). The SMILES string of the molecule is Cc1cc(C)c(N/C=C(/C#N)C(=O)N(C)C2CCN(C)CC2)c(C)c1. The van der Waals surface area contributed by atoms with Gasteiger partial charge < -0.3 is 15.1 Å². The molecule has 1 fully saturated rings. The average Bonchev–Trinajstić information content (AvgIpc) is 2.57. The van der Waals surface area contributed by atoms with Gasteiger partial charge in [-0.2, -0.15) is 5.26 Å². The van der Waals surface area contributed by atoms with Crippen LogP contribution in [0.2, 0.25) is 0 Å². The van der Waals surface area contributed by atoms with E-state index in [0.717, 1.165) is 42.7 Å². The van der Waals surface area contributed by atoms with Crippen molar-refractivity contribution in [1.82, 2.24) is 9.80 Å². The van der Waals surface area contributed by atoms with Crippen LogP contribution in [0, 0.1) is 32.1 Å². The molecule has 1 amide bonds. The van der Waals surface area contributed by atoms with Crippen molar-refractivity contribution in [2.75, 3.05) is 32.5 Å². The molecule has 0 atom stereocenters. The third kappa shape index (κ3) is 4.61. The number of hydrogen-bond acceptors (Lipinski definition) is 4. The zero-order valence-electron chi connectivity index (χ0n) is 15.9. The normalized spacial score (nSPS) is 16.4. The van der Waals surface area contributed by atoms with Crippen LogP contribution in [-0.4, -0.2) is 48.9 Å². The van der Waals surface area contributed by atoms with Crippen LogP contribution >= 0.6 is 0 Å². The zero-order chi connectivity index (χ0) is 18.6. The number of piperidine rings is 1. The molecule has 0 saturated carbocycles. The number of aryl methyl sites for hydroxylation is 3. The Balaban J connectivity index is 2.12. The fraction of sp³-hybridized carbons (Fsp3) is 0.500. The second kappa shape index (κ2) is 8.17. The Morgan fingerprint density at radius 1 is 1.28 bits per heavy atom. The molecule has 134 valence electrons. The molecule has 0 bridgehead atoms. The predicted octanol–water partition coefficient (Wildman–Crippen LogP) is 2.98. The molecule has 0 radical (unpaired) electrons. The van der Waals surface area contributed by atoms with E-state index >= 15 is 0 Å². The van der Waals surface area contributed by atoms with Crippen LogP contribution in [0.1, 0.15) is 29.5 Å². The second-order valence-corrected chi connectivity index (χ2v) is 7.04. The summed E-state index contributed by atoms with van der Waals surface area (Å²) in [5.74, 6) is -0.216. The highest BCUT2D eigenvalue weighted by molar-refractivity contribution is 5.97. The number of nitriles is 1. The summed E-state index contributed by atoms with van der Waals surface area (Å²) in [6.45, 7) is 8.06. The van der Waals surface area contributed by atoms with Gasteiger partial charge in [0, 0.05) is 25.0 Å². The van der Waals surface area contributed by atoms with Gasteiger partial charge in [0.1, 0.15) is 11.6 Å². The number of nitrogens with zero attached hydrogens (tertiary/aromatic N) is 3.